The zero-order valence-electron chi connectivity index (χ0n) is 35.2. The lowest BCUT2D eigenvalue weighted by atomic mass is 9.82. The van der Waals surface area contributed by atoms with Crippen LogP contribution in [0, 0.1) is 40.0 Å². The molecule has 2 atom stereocenters. The SMILES string of the molecule is Cc1cc(C)nc(C(=S)CC2C(CCOC(=O)OCc3ccc([N+](=O)[O-])cc3)C(=O)N2C(C(=O)OCc2ccc([N+](=O)[O-])cc2)=P(c2ccccc2)(c2ccccc2)c2ccccc2)n1. The number of non-ortho nitro benzene ring substituents is 2. The van der Waals surface area contributed by atoms with Crippen molar-refractivity contribution in [2.45, 2.75) is 45.9 Å². The number of hydrogen-bond acceptors (Lipinski definition) is 13. The number of rotatable bonds is 17. The summed E-state index contributed by atoms with van der Waals surface area (Å²) in [6.45, 7) is -0.414. The predicted molar refractivity (Wildman–Crippen MR) is 249 cm³/mol. The molecule has 0 N–H and O–H groups in total. The molecule has 1 fully saturated rings. The fourth-order valence-corrected chi connectivity index (χ4v) is 12.5. The Hall–Kier alpha value is -7.42. The van der Waals surface area contributed by atoms with Crippen LogP contribution in [0.2, 0.25) is 0 Å². The highest BCUT2D eigenvalue weighted by molar-refractivity contribution is 7.96. The first-order chi connectivity index (χ1) is 31.4. The lowest BCUT2D eigenvalue weighted by Crippen LogP contribution is -2.66. The molecule has 1 aromatic heterocycles. The van der Waals surface area contributed by atoms with Crippen molar-refractivity contribution < 1.29 is 38.4 Å². The zero-order valence-corrected chi connectivity index (χ0v) is 36.9. The monoisotopic (exact) mass is 911 g/mol. The molecule has 5 aromatic carbocycles. The molecule has 1 saturated heterocycles. The summed E-state index contributed by atoms with van der Waals surface area (Å²) in [5.74, 6) is -1.73. The molecule has 1 aliphatic rings. The number of benzene rings is 5. The number of aryl methyl sites for hydroxylation is 2. The quantitative estimate of drug-likeness (QED) is 0.0167. The molecule has 7 rings (SSSR count). The fraction of sp³-hybridized carbons (Fsp3) is 0.188. The summed E-state index contributed by atoms with van der Waals surface area (Å²) in [4.78, 5) is 75.7. The van der Waals surface area contributed by atoms with Gasteiger partial charge in [0.05, 0.1) is 33.3 Å². The van der Waals surface area contributed by atoms with Gasteiger partial charge in [0, 0.05) is 49.0 Å². The normalized spacial score (nSPS) is 14.4. The number of nitrogens with zero attached hydrogens (tertiary/aromatic N) is 5. The summed E-state index contributed by atoms with van der Waals surface area (Å²) in [7, 11) is 0. The summed E-state index contributed by atoms with van der Waals surface area (Å²) in [6.07, 6.45) is -0.926. The van der Waals surface area contributed by atoms with Gasteiger partial charge in [-0.1, -0.05) is 103 Å². The minimum absolute atomic E-state index is 0.0293. The van der Waals surface area contributed by atoms with Crippen LogP contribution < -0.4 is 15.9 Å². The number of nitro benzene ring substituents is 2. The van der Waals surface area contributed by atoms with Crippen molar-refractivity contribution >= 4 is 74.7 Å². The summed E-state index contributed by atoms with van der Waals surface area (Å²) in [5.41, 5.74) is 2.23. The van der Waals surface area contributed by atoms with Gasteiger partial charge in [-0.05, 0) is 77.6 Å². The van der Waals surface area contributed by atoms with Crippen molar-refractivity contribution in [2.75, 3.05) is 6.61 Å². The highest BCUT2D eigenvalue weighted by atomic mass is 32.1. The number of hydrogen-bond donors (Lipinski definition) is 0. The van der Waals surface area contributed by atoms with Gasteiger partial charge in [0.25, 0.3) is 11.4 Å². The number of β-lactam (4-membered cyclic amide) rings is 1. The maximum absolute atomic E-state index is 15.4. The molecule has 2 heterocycles. The highest BCUT2D eigenvalue weighted by Crippen LogP contribution is 2.50. The number of likely N-dealkylation sites (tertiary alicyclic amines) is 1. The predicted octanol–water partition coefficient (Wildman–Crippen LogP) is 7.46. The maximum atomic E-state index is 15.4. The Morgan fingerprint density at radius 2 is 1.12 bits per heavy atom. The van der Waals surface area contributed by atoms with Crippen LogP contribution in [0.5, 0.6) is 0 Å². The Labute approximate surface area is 379 Å². The minimum atomic E-state index is -3.36. The van der Waals surface area contributed by atoms with Crippen molar-refractivity contribution in [1.29, 1.82) is 0 Å². The third kappa shape index (κ3) is 10.2. The number of carbonyl (C=O) groups excluding carboxylic acids is 3. The largest absolute Gasteiger partial charge is 0.508 e. The van der Waals surface area contributed by atoms with Crippen molar-refractivity contribution in [3.8, 4) is 0 Å². The molecule has 0 radical (unpaired) electrons. The van der Waals surface area contributed by atoms with Crippen LogP contribution in [-0.4, -0.2) is 65.7 Å². The number of nitro groups is 2. The standard InChI is InChI=1S/C48H42N5O10PS/c1-32-28-33(2)50-44(49-32)43(65)29-42-41(26-27-61-48(56)63-31-35-20-24-37(25-21-35)53(59)60)45(54)51(42)46(47(55)62-30-34-18-22-36(23-19-34)52(57)58)64(38-12-6-3-7-13-38,39-14-8-4-9-15-39)40-16-10-5-11-17-40/h3-25,28,41-42H,26-27,29-31H2,1-2H3. The Bertz CT molecular complexity index is 2670. The average molecular weight is 912 g/mol. The lowest BCUT2D eigenvalue weighted by molar-refractivity contribution is -0.385. The maximum Gasteiger partial charge on any atom is 0.508 e. The van der Waals surface area contributed by atoms with Crippen LogP contribution in [-0.2, 0) is 37.0 Å². The van der Waals surface area contributed by atoms with Gasteiger partial charge in [-0.15, -0.1) is 0 Å². The van der Waals surface area contributed by atoms with Crippen molar-refractivity contribution in [2.24, 2.45) is 5.92 Å². The van der Waals surface area contributed by atoms with E-state index in [1.165, 1.54) is 53.4 Å². The van der Waals surface area contributed by atoms with Gasteiger partial charge >= 0.3 is 12.1 Å². The smallest absolute Gasteiger partial charge is 0.456 e. The second-order valence-corrected chi connectivity index (χ2v) is 18.9. The fourth-order valence-electron chi connectivity index (χ4n) is 7.81. The average Bonchev–Trinajstić information content (AvgIpc) is 3.32. The third-order valence-electron chi connectivity index (χ3n) is 10.8. The third-order valence-corrected chi connectivity index (χ3v) is 15.4. The number of carbonyl (C=O) groups is 3. The first-order valence-corrected chi connectivity index (χ1v) is 22.6. The van der Waals surface area contributed by atoms with E-state index in [1.54, 1.807) is 0 Å². The number of ether oxygens (including phenoxy) is 3. The van der Waals surface area contributed by atoms with Crippen LogP contribution in [0.15, 0.2) is 146 Å². The molecule has 330 valence electrons. The zero-order chi connectivity index (χ0) is 46.1. The van der Waals surface area contributed by atoms with E-state index in [1.807, 2.05) is 111 Å². The summed E-state index contributed by atoms with van der Waals surface area (Å²) >= 11 is 6.02. The number of amides is 1. The number of aromatic nitrogens is 2. The van der Waals surface area contributed by atoms with Gasteiger partial charge in [0.2, 0.25) is 5.91 Å². The molecule has 1 aliphatic heterocycles. The van der Waals surface area contributed by atoms with Crippen molar-refractivity contribution in [3.05, 3.63) is 194 Å². The van der Waals surface area contributed by atoms with Crippen LogP contribution in [0.25, 0.3) is 0 Å². The van der Waals surface area contributed by atoms with Gasteiger partial charge in [-0.2, -0.15) is 0 Å². The molecule has 2 unspecified atom stereocenters. The van der Waals surface area contributed by atoms with Gasteiger partial charge in [0.1, 0.15) is 18.6 Å². The molecule has 1 amide bonds. The minimum Gasteiger partial charge on any atom is -0.456 e. The summed E-state index contributed by atoms with van der Waals surface area (Å²) in [6, 6.07) is 40.6. The van der Waals surface area contributed by atoms with Crippen LogP contribution in [0.1, 0.15) is 41.2 Å². The van der Waals surface area contributed by atoms with Gasteiger partial charge in [-0.3, -0.25) is 25.0 Å². The molecule has 0 spiro atoms. The highest BCUT2D eigenvalue weighted by Gasteiger charge is 2.53. The van der Waals surface area contributed by atoms with Crippen LogP contribution >= 0.6 is 19.1 Å². The van der Waals surface area contributed by atoms with E-state index in [-0.39, 0.29) is 49.5 Å². The lowest BCUT2D eigenvalue weighted by Gasteiger charge is -2.50. The Kier molecular flexibility index (Phi) is 14.3. The van der Waals surface area contributed by atoms with E-state index in [9.17, 15) is 25.0 Å². The Balaban J connectivity index is 1.32. The molecular weight excluding hydrogens is 870 g/mol. The second kappa shape index (κ2) is 20.4. The molecule has 0 aliphatic carbocycles. The first-order valence-electron chi connectivity index (χ1n) is 20.4. The van der Waals surface area contributed by atoms with E-state index in [4.69, 9.17) is 26.4 Å². The van der Waals surface area contributed by atoms with Gasteiger partial charge < -0.3 is 19.1 Å². The van der Waals surface area contributed by atoms with E-state index in [0.29, 0.717) is 33.2 Å². The molecule has 6 aromatic rings. The van der Waals surface area contributed by atoms with Gasteiger partial charge in [0.15, 0.2) is 5.82 Å². The second-order valence-electron chi connectivity index (χ2n) is 15.1. The van der Waals surface area contributed by atoms with Gasteiger partial charge in [-0.25, -0.2) is 19.6 Å². The molecule has 0 saturated carbocycles. The topological polar surface area (TPSA) is 194 Å². The Morgan fingerprint density at radius 1 is 0.677 bits per heavy atom. The number of thiocarbonyl (C=S) groups is 1. The van der Waals surface area contributed by atoms with E-state index in [2.05, 4.69) is 9.97 Å². The molecule has 0 bridgehead atoms. The summed E-state index contributed by atoms with van der Waals surface area (Å²) in [5, 5.41) is 24.7. The van der Waals surface area contributed by atoms with E-state index < -0.39 is 46.7 Å². The Morgan fingerprint density at radius 3 is 1.57 bits per heavy atom. The first kappa shape index (κ1) is 45.6. The molecule has 17 heteroatoms. The van der Waals surface area contributed by atoms with E-state index >= 15 is 9.59 Å². The summed E-state index contributed by atoms with van der Waals surface area (Å²) < 4.78 is 16.9. The van der Waals surface area contributed by atoms with Crippen LogP contribution in [0.4, 0.5) is 16.2 Å². The van der Waals surface area contributed by atoms with Crippen LogP contribution in [0.3, 0.4) is 0 Å². The molecule has 65 heavy (non-hydrogen) atoms. The number of esters is 1. The van der Waals surface area contributed by atoms with Crippen molar-refractivity contribution in [3.63, 3.8) is 0 Å². The molecule has 15 nitrogen and oxygen atoms in total. The van der Waals surface area contributed by atoms with Crippen molar-refractivity contribution in [1.82, 2.24) is 14.9 Å². The molecular formula is C48H42N5O10PS. The van der Waals surface area contributed by atoms with E-state index in [0.717, 1.165) is 15.9 Å².